The van der Waals surface area contributed by atoms with Crippen LogP contribution in [0.25, 0.3) is 0 Å². The van der Waals surface area contributed by atoms with E-state index in [0.29, 0.717) is 6.42 Å². The number of methoxy groups -OCH3 is 2. The van der Waals surface area contributed by atoms with Gasteiger partial charge in [0.25, 0.3) is 0 Å². The number of anilines is 1. The smallest absolute Gasteiger partial charge is 0.223 e. The molecule has 1 aromatic heterocycles. The van der Waals surface area contributed by atoms with E-state index in [-0.39, 0.29) is 11.9 Å². The van der Waals surface area contributed by atoms with Crippen LogP contribution in [0.5, 0.6) is 11.5 Å². The van der Waals surface area contributed by atoms with E-state index in [1.807, 2.05) is 41.4 Å². The van der Waals surface area contributed by atoms with E-state index in [9.17, 15) is 4.79 Å². The van der Waals surface area contributed by atoms with Gasteiger partial charge >= 0.3 is 0 Å². The highest BCUT2D eigenvalue weighted by Crippen LogP contribution is 2.38. The zero-order valence-corrected chi connectivity index (χ0v) is 18.5. The number of rotatable bonds is 7. The summed E-state index contributed by atoms with van der Waals surface area (Å²) in [7, 11) is 3.36. The molecule has 4 rings (SSSR count). The summed E-state index contributed by atoms with van der Waals surface area (Å²) in [6.07, 6.45) is 4.59. The molecule has 0 bridgehead atoms. The van der Waals surface area contributed by atoms with Gasteiger partial charge in [0.05, 0.1) is 14.2 Å². The predicted molar refractivity (Wildman–Crippen MR) is 121 cm³/mol. The number of aromatic nitrogens is 1. The molecule has 7 heteroatoms. The molecule has 0 aliphatic carbocycles. The highest BCUT2D eigenvalue weighted by Gasteiger charge is 2.29. The molecule has 166 valence electrons. The van der Waals surface area contributed by atoms with Crippen LogP contribution in [0.2, 0.25) is 0 Å². The van der Waals surface area contributed by atoms with Crippen molar-refractivity contribution < 1.29 is 14.3 Å². The van der Waals surface area contributed by atoms with Gasteiger partial charge in [-0.1, -0.05) is 12.1 Å². The maximum absolute atomic E-state index is 12.9. The molecule has 2 saturated heterocycles. The molecule has 1 atom stereocenters. The van der Waals surface area contributed by atoms with Crippen LogP contribution in [0.4, 0.5) is 5.82 Å². The molecule has 2 aromatic rings. The molecule has 0 unspecified atom stereocenters. The number of carbonyl (C=O) groups is 1. The summed E-state index contributed by atoms with van der Waals surface area (Å²) in [6, 6.07) is 12.3. The van der Waals surface area contributed by atoms with Gasteiger partial charge in [0, 0.05) is 63.0 Å². The van der Waals surface area contributed by atoms with Crippen molar-refractivity contribution in [3.05, 3.63) is 48.2 Å². The lowest BCUT2D eigenvalue weighted by molar-refractivity contribution is -0.131. The third kappa shape index (κ3) is 4.93. The minimum Gasteiger partial charge on any atom is -0.497 e. The highest BCUT2D eigenvalue weighted by atomic mass is 16.5. The van der Waals surface area contributed by atoms with Crippen molar-refractivity contribution in [1.29, 1.82) is 0 Å². The van der Waals surface area contributed by atoms with Crippen molar-refractivity contribution in [2.45, 2.75) is 25.3 Å². The molecule has 0 saturated carbocycles. The molecule has 1 aromatic carbocycles. The fourth-order valence-corrected chi connectivity index (χ4v) is 4.66. The SMILES string of the molecule is COc1ccc([C@@H]2CCCN2CCC(=O)N2CCN(c3ccccn3)CC2)c(OC)c1. The van der Waals surface area contributed by atoms with E-state index in [1.54, 1.807) is 14.2 Å². The van der Waals surface area contributed by atoms with Crippen LogP contribution in [-0.4, -0.2) is 74.2 Å². The Morgan fingerprint density at radius 3 is 2.61 bits per heavy atom. The van der Waals surface area contributed by atoms with Gasteiger partial charge in [-0.15, -0.1) is 0 Å². The number of benzene rings is 1. The van der Waals surface area contributed by atoms with Gasteiger partial charge in [0.15, 0.2) is 0 Å². The number of hydrogen-bond acceptors (Lipinski definition) is 6. The summed E-state index contributed by atoms with van der Waals surface area (Å²) >= 11 is 0. The average Bonchev–Trinajstić information content (AvgIpc) is 3.31. The maximum atomic E-state index is 12.9. The van der Waals surface area contributed by atoms with Gasteiger partial charge in [-0.25, -0.2) is 4.98 Å². The van der Waals surface area contributed by atoms with Gasteiger partial charge in [-0.3, -0.25) is 9.69 Å². The summed E-state index contributed by atoms with van der Waals surface area (Å²) in [6.45, 7) is 4.96. The quantitative estimate of drug-likeness (QED) is 0.681. The lowest BCUT2D eigenvalue weighted by Gasteiger charge is -2.36. The van der Waals surface area contributed by atoms with E-state index in [0.717, 1.165) is 69.4 Å². The van der Waals surface area contributed by atoms with Gasteiger partial charge in [0.1, 0.15) is 17.3 Å². The number of nitrogens with zero attached hydrogens (tertiary/aromatic N) is 4. The Morgan fingerprint density at radius 1 is 1.06 bits per heavy atom. The second kappa shape index (κ2) is 10.0. The van der Waals surface area contributed by atoms with Gasteiger partial charge in [-0.05, 0) is 37.6 Å². The number of likely N-dealkylation sites (tertiary alicyclic amines) is 1. The fraction of sp³-hybridized carbons (Fsp3) is 0.500. The van der Waals surface area contributed by atoms with Crippen molar-refractivity contribution in [1.82, 2.24) is 14.8 Å². The van der Waals surface area contributed by atoms with E-state index >= 15 is 0 Å². The molecule has 1 amide bonds. The molecule has 0 N–H and O–H groups in total. The fourth-order valence-electron chi connectivity index (χ4n) is 4.66. The highest BCUT2D eigenvalue weighted by molar-refractivity contribution is 5.76. The zero-order valence-electron chi connectivity index (χ0n) is 18.5. The lowest BCUT2D eigenvalue weighted by atomic mass is 10.0. The normalized spacial score (nSPS) is 19.5. The van der Waals surface area contributed by atoms with Gasteiger partial charge in [0.2, 0.25) is 5.91 Å². The second-order valence-corrected chi connectivity index (χ2v) is 8.11. The largest absolute Gasteiger partial charge is 0.497 e. The van der Waals surface area contributed by atoms with E-state index in [2.05, 4.69) is 20.9 Å². The number of amides is 1. The minimum atomic E-state index is 0.244. The van der Waals surface area contributed by atoms with Gasteiger partial charge < -0.3 is 19.3 Å². The van der Waals surface area contributed by atoms with Crippen LogP contribution in [0.3, 0.4) is 0 Å². The average molecular weight is 425 g/mol. The molecule has 0 radical (unpaired) electrons. The molecule has 3 heterocycles. The number of pyridine rings is 1. The van der Waals surface area contributed by atoms with Crippen molar-refractivity contribution in [2.24, 2.45) is 0 Å². The Bertz CT molecular complexity index is 868. The van der Waals surface area contributed by atoms with E-state index in [1.165, 1.54) is 5.56 Å². The summed E-state index contributed by atoms with van der Waals surface area (Å²) in [5.41, 5.74) is 1.18. The molecule has 2 fully saturated rings. The number of piperazine rings is 1. The first-order valence-electron chi connectivity index (χ1n) is 11.1. The van der Waals surface area contributed by atoms with Crippen LogP contribution in [0.15, 0.2) is 42.6 Å². The van der Waals surface area contributed by atoms with Crippen LogP contribution in [-0.2, 0) is 4.79 Å². The Kier molecular flexibility index (Phi) is 6.92. The Labute approximate surface area is 184 Å². The maximum Gasteiger partial charge on any atom is 0.223 e. The molecule has 7 nitrogen and oxygen atoms in total. The Hall–Kier alpha value is -2.80. The first-order chi connectivity index (χ1) is 15.2. The molecule has 31 heavy (non-hydrogen) atoms. The standard InChI is InChI=1S/C24H32N4O3/c1-30-19-8-9-20(22(18-19)31-2)21-6-5-12-26(21)13-10-24(29)28-16-14-27(15-17-28)23-7-3-4-11-25-23/h3-4,7-9,11,18,21H,5-6,10,12-17H2,1-2H3/t21-/m0/s1. The molecule has 2 aliphatic heterocycles. The first-order valence-corrected chi connectivity index (χ1v) is 11.1. The number of carbonyl (C=O) groups excluding carboxylic acids is 1. The topological polar surface area (TPSA) is 58.1 Å². The van der Waals surface area contributed by atoms with E-state index in [4.69, 9.17) is 9.47 Å². The zero-order chi connectivity index (χ0) is 21.6. The Balaban J connectivity index is 1.31. The third-order valence-corrected chi connectivity index (χ3v) is 6.38. The summed E-state index contributed by atoms with van der Waals surface area (Å²) in [4.78, 5) is 24.0. The third-order valence-electron chi connectivity index (χ3n) is 6.38. The molecular weight excluding hydrogens is 392 g/mol. The molecule has 2 aliphatic rings. The van der Waals surface area contributed by atoms with Crippen LogP contribution in [0.1, 0.15) is 30.9 Å². The number of hydrogen-bond donors (Lipinski definition) is 0. The van der Waals surface area contributed by atoms with Gasteiger partial charge in [-0.2, -0.15) is 0 Å². The van der Waals surface area contributed by atoms with Crippen molar-refractivity contribution in [2.75, 3.05) is 58.4 Å². The lowest BCUT2D eigenvalue weighted by Crippen LogP contribution is -2.49. The molecular formula is C24H32N4O3. The summed E-state index contributed by atoms with van der Waals surface area (Å²) in [5.74, 6) is 2.88. The van der Waals surface area contributed by atoms with Crippen molar-refractivity contribution >= 4 is 11.7 Å². The van der Waals surface area contributed by atoms with Crippen LogP contribution < -0.4 is 14.4 Å². The monoisotopic (exact) mass is 424 g/mol. The second-order valence-electron chi connectivity index (χ2n) is 8.11. The molecule has 0 spiro atoms. The van der Waals surface area contributed by atoms with Crippen LogP contribution >= 0.6 is 0 Å². The van der Waals surface area contributed by atoms with Crippen molar-refractivity contribution in [3.63, 3.8) is 0 Å². The Morgan fingerprint density at radius 2 is 1.90 bits per heavy atom. The summed E-state index contributed by atoms with van der Waals surface area (Å²) < 4.78 is 11.0. The minimum absolute atomic E-state index is 0.244. The predicted octanol–water partition coefficient (Wildman–Crippen LogP) is 2.97. The van der Waals surface area contributed by atoms with Crippen molar-refractivity contribution in [3.8, 4) is 11.5 Å². The first kappa shape index (κ1) is 21.4. The van der Waals surface area contributed by atoms with E-state index < -0.39 is 0 Å². The summed E-state index contributed by atoms with van der Waals surface area (Å²) in [5, 5.41) is 0. The number of ether oxygens (including phenoxy) is 2. The van der Waals surface area contributed by atoms with Crippen LogP contribution in [0, 0.1) is 0 Å².